The Morgan fingerprint density at radius 1 is 1.48 bits per heavy atom. The van der Waals surface area contributed by atoms with E-state index in [-0.39, 0.29) is 5.82 Å². The number of aromatic nitrogens is 2. The zero-order valence-electron chi connectivity index (χ0n) is 12.9. The van der Waals surface area contributed by atoms with Crippen molar-refractivity contribution in [3.8, 4) is 0 Å². The van der Waals surface area contributed by atoms with Crippen molar-refractivity contribution in [3.05, 3.63) is 51.8 Å². The molecule has 0 amide bonds. The number of hydrogen-bond acceptors (Lipinski definition) is 3. The molecule has 2 atom stereocenters. The summed E-state index contributed by atoms with van der Waals surface area (Å²) in [4.78, 5) is 4.49. The smallest absolute Gasteiger partial charge is 0.148 e. The summed E-state index contributed by atoms with van der Waals surface area (Å²) in [5.41, 5.74) is 0.607. The van der Waals surface area contributed by atoms with Gasteiger partial charge in [0.25, 0.3) is 0 Å². The molecule has 4 rings (SSSR count). The molecular formula is C17H19BrFN3O. The third kappa shape index (κ3) is 2.73. The molecule has 1 fully saturated rings. The highest BCUT2D eigenvalue weighted by atomic mass is 79.9. The lowest BCUT2D eigenvalue weighted by Crippen LogP contribution is -2.50. The maximum Gasteiger partial charge on any atom is 0.148 e. The molecule has 0 bridgehead atoms. The first-order valence-corrected chi connectivity index (χ1v) is 8.71. The molecule has 1 aromatic heterocycles. The van der Waals surface area contributed by atoms with Gasteiger partial charge >= 0.3 is 0 Å². The van der Waals surface area contributed by atoms with Gasteiger partial charge in [0.1, 0.15) is 17.9 Å². The lowest BCUT2D eigenvalue weighted by molar-refractivity contribution is 0.0553. The lowest BCUT2D eigenvalue weighted by Gasteiger charge is -2.40. The maximum absolute atomic E-state index is 14.4. The second kappa shape index (κ2) is 5.40. The highest BCUT2D eigenvalue weighted by molar-refractivity contribution is 9.10. The zero-order chi connectivity index (χ0) is 16.2. The minimum Gasteiger partial charge on any atom is -0.373 e. The van der Waals surface area contributed by atoms with E-state index in [1.54, 1.807) is 18.3 Å². The Morgan fingerprint density at radius 3 is 3.00 bits per heavy atom. The molecule has 2 aliphatic rings. The van der Waals surface area contributed by atoms with E-state index in [9.17, 15) is 9.50 Å². The molecule has 4 nitrogen and oxygen atoms in total. The summed E-state index contributed by atoms with van der Waals surface area (Å²) < 4.78 is 17.3. The van der Waals surface area contributed by atoms with Crippen LogP contribution < -0.4 is 5.32 Å². The number of nitrogens with one attached hydrogen (secondary N) is 1. The van der Waals surface area contributed by atoms with Crippen molar-refractivity contribution in [1.82, 2.24) is 14.9 Å². The van der Waals surface area contributed by atoms with Gasteiger partial charge in [-0.2, -0.15) is 0 Å². The number of rotatable bonds is 3. The van der Waals surface area contributed by atoms with Crippen molar-refractivity contribution in [3.63, 3.8) is 0 Å². The fourth-order valence-electron chi connectivity index (χ4n) is 3.39. The highest BCUT2D eigenvalue weighted by Crippen LogP contribution is 2.37. The first-order valence-electron chi connectivity index (χ1n) is 7.92. The fourth-order valence-corrected chi connectivity index (χ4v) is 3.75. The summed E-state index contributed by atoms with van der Waals surface area (Å²) >= 11 is 3.41. The van der Waals surface area contributed by atoms with Gasteiger partial charge in [0.2, 0.25) is 0 Å². The summed E-state index contributed by atoms with van der Waals surface area (Å²) in [5.74, 6) is 1.43. The van der Waals surface area contributed by atoms with Gasteiger partial charge in [0, 0.05) is 23.0 Å². The van der Waals surface area contributed by atoms with E-state index in [0.717, 1.165) is 22.4 Å². The van der Waals surface area contributed by atoms with Crippen LogP contribution in [-0.4, -0.2) is 14.7 Å². The predicted octanol–water partition coefficient (Wildman–Crippen LogP) is 3.25. The Hall–Kier alpha value is -1.24. The summed E-state index contributed by atoms with van der Waals surface area (Å²) in [6.07, 6.45) is 4.31. The van der Waals surface area contributed by atoms with Crippen LogP contribution in [-0.2, 0) is 18.5 Å². The Bertz CT molecular complexity index is 758. The van der Waals surface area contributed by atoms with Gasteiger partial charge in [-0.05, 0) is 43.9 Å². The van der Waals surface area contributed by atoms with Crippen LogP contribution >= 0.6 is 15.9 Å². The molecule has 1 aliphatic carbocycles. The molecule has 2 N–H and O–H groups in total. The molecule has 0 spiro atoms. The number of nitrogens with zero attached hydrogens (tertiary/aromatic N) is 2. The van der Waals surface area contributed by atoms with E-state index in [1.165, 1.54) is 18.9 Å². The summed E-state index contributed by atoms with van der Waals surface area (Å²) in [6.45, 7) is 2.47. The SMILES string of the molecule is CC1(c2cc(Br)ccc2F)Cn2c(cnc2CC2CC2)C(O)N1. The maximum atomic E-state index is 14.4. The average Bonchev–Trinajstić information content (AvgIpc) is 3.22. The van der Waals surface area contributed by atoms with Crippen LogP contribution in [0.15, 0.2) is 28.9 Å². The van der Waals surface area contributed by atoms with Gasteiger partial charge in [-0.15, -0.1) is 0 Å². The molecule has 122 valence electrons. The Labute approximate surface area is 142 Å². The average molecular weight is 380 g/mol. The molecule has 2 unspecified atom stereocenters. The van der Waals surface area contributed by atoms with Crippen molar-refractivity contribution in [2.45, 2.75) is 44.5 Å². The number of fused-ring (bicyclic) bond motifs is 1. The van der Waals surface area contributed by atoms with Crippen LogP contribution in [0.2, 0.25) is 0 Å². The van der Waals surface area contributed by atoms with Gasteiger partial charge in [0.15, 0.2) is 0 Å². The van der Waals surface area contributed by atoms with E-state index >= 15 is 0 Å². The zero-order valence-corrected chi connectivity index (χ0v) is 14.5. The Balaban J connectivity index is 1.74. The minimum atomic E-state index is -0.854. The number of hydrogen-bond donors (Lipinski definition) is 2. The number of halogens is 2. The highest BCUT2D eigenvalue weighted by Gasteiger charge is 2.39. The molecule has 2 aromatic rings. The summed E-state index contributed by atoms with van der Waals surface area (Å²) in [7, 11) is 0. The topological polar surface area (TPSA) is 50.1 Å². The molecule has 0 radical (unpaired) electrons. The minimum absolute atomic E-state index is 0.275. The van der Waals surface area contributed by atoms with E-state index < -0.39 is 11.8 Å². The molecule has 2 heterocycles. The second-order valence-corrected chi connectivity index (χ2v) is 7.75. The summed E-state index contributed by atoms with van der Waals surface area (Å²) in [6, 6.07) is 4.91. The molecule has 1 aromatic carbocycles. The third-order valence-corrected chi connectivity index (χ3v) is 5.36. The fraction of sp³-hybridized carbons (Fsp3) is 0.471. The van der Waals surface area contributed by atoms with Crippen LogP contribution in [0.3, 0.4) is 0 Å². The quantitative estimate of drug-likeness (QED) is 0.860. The number of aliphatic hydroxyl groups is 1. The van der Waals surface area contributed by atoms with Crippen LogP contribution in [0.25, 0.3) is 0 Å². The standard InChI is InChI=1S/C17H19BrFN3O/c1-17(12-7-11(18)4-5-13(12)19)9-22-14(16(23)21-17)8-20-15(22)6-10-2-3-10/h4-5,7-8,10,16,21,23H,2-3,6,9H2,1H3. The van der Waals surface area contributed by atoms with Gasteiger partial charge in [-0.25, -0.2) is 9.37 Å². The van der Waals surface area contributed by atoms with E-state index in [1.807, 2.05) is 6.92 Å². The molecule has 23 heavy (non-hydrogen) atoms. The van der Waals surface area contributed by atoms with Gasteiger partial charge in [0.05, 0.1) is 17.4 Å². The summed E-state index contributed by atoms with van der Waals surface area (Å²) in [5, 5.41) is 13.6. The molecule has 6 heteroatoms. The molecule has 0 saturated heterocycles. The van der Waals surface area contributed by atoms with Crippen LogP contribution in [0.4, 0.5) is 4.39 Å². The largest absolute Gasteiger partial charge is 0.373 e. The van der Waals surface area contributed by atoms with Crippen molar-refractivity contribution in [2.24, 2.45) is 5.92 Å². The first kappa shape index (κ1) is 15.3. The van der Waals surface area contributed by atoms with E-state index in [0.29, 0.717) is 18.0 Å². The number of imidazole rings is 1. The van der Waals surface area contributed by atoms with Crippen LogP contribution in [0, 0.1) is 11.7 Å². The normalized spacial score (nSPS) is 27.0. The Morgan fingerprint density at radius 2 is 2.26 bits per heavy atom. The van der Waals surface area contributed by atoms with Crippen molar-refractivity contribution < 1.29 is 9.50 Å². The number of aliphatic hydroxyl groups excluding tert-OH is 1. The number of benzene rings is 1. The molecule has 1 aliphatic heterocycles. The van der Waals surface area contributed by atoms with Crippen molar-refractivity contribution in [2.75, 3.05) is 0 Å². The van der Waals surface area contributed by atoms with Gasteiger partial charge < -0.3 is 9.67 Å². The van der Waals surface area contributed by atoms with E-state index in [2.05, 4.69) is 30.8 Å². The third-order valence-electron chi connectivity index (χ3n) is 4.87. The molecule has 1 saturated carbocycles. The van der Waals surface area contributed by atoms with Crippen LogP contribution in [0.5, 0.6) is 0 Å². The van der Waals surface area contributed by atoms with Crippen molar-refractivity contribution in [1.29, 1.82) is 0 Å². The van der Waals surface area contributed by atoms with E-state index in [4.69, 9.17) is 0 Å². The predicted molar refractivity (Wildman–Crippen MR) is 88.2 cm³/mol. The lowest BCUT2D eigenvalue weighted by atomic mass is 9.89. The monoisotopic (exact) mass is 379 g/mol. The van der Waals surface area contributed by atoms with Gasteiger partial charge in [-0.3, -0.25) is 5.32 Å². The Kier molecular flexibility index (Phi) is 3.59. The van der Waals surface area contributed by atoms with Crippen molar-refractivity contribution >= 4 is 15.9 Å². The van der Waals surface area contributed by atoms with Gasteiger partial charge in [-0.1, -0.05) is 15.9 Å². The molecular weight excluding hydrogens is 361 g/mol. The first-order chi connectivity index (χ1) is 11.0. The van der Waals surface area contributed by atoms with Crippen LogP contribution in [0.1, 0.15) is 43.1 Å². The second-order valence-electron chi connectivity index (χ2n) is 6.84.